The zero-order valence-corrected chi connectivity index (χ0v) is 11.8. The number of rotatable bonds is 3. The molecule has 2 heterocycles. The van der Waals surface area contributed by atoms with Gasteiger partial charge in [0.2, 0.25) is 0 Å². The fraction of sp³-hybridized carbons (Fsp3) is 0.727. The summed E-state index contributed by atoms with van der Waals surface area (Å²) in [5, 5.41) is 0.664. The predicted octanol–water partition coefficient (Wildman–Crippen LogP) is 1.84. The molecule has 0 bridgehead atoms. The van der Waals surface area contributed by atoms with Crippen molar-refractivity contribution in [1.82, 2.24) is 4.98 Å². The Morgan fingerprint density at radius 2 is 1.88 bits per heavy atom. The Labute approximate surface area is 106 Å². The Kier molecular flexibility index (Phi) is 3.22. The van der Waals surface area contributed by atoms with Gasteiger partial charge in [0.15, 0.2) is 0 Å². The largest absolute Gasteiger partial charge is 0.507 e. The summed E-state index contributed by atoms with van der Waals surface area (Å²) in [4.78, 5) is 4.18. The van der Waals surface area contributed by atoms with E-state index in [-0.39, 0.29) is 18.3 Å². The monoisotopic (exact) mass is 255 g/mol. The molecular weight excluding hydrogens is 237 g/mol. The van der Waals surface area contributed by atoms with Crippen LogP contribution in [0.4, 0.5) is 0 Å². The van der Waals surface area contributed by atoms with E-state index in [9.17, 15) is 0 Å². The minimum atomic E-state index is -0.341. The maximum Gasteiger partial charge on any atom is 0.507 e. The first-order valence-electron chi connectivity index (χ1n) is 5.80. The molecule has 0 aromatic carbocycles. The van der Waals surface area contributed by atoms with Crippen molar-refractivity contribution in [2.75, 3.05) is 6.61 Å². The average molecular weight is 255 g/mol. The lowest BCUT2D eigenvalue weighted by Crippen LogP contribution is -2.41. The minimum absolute atomic E-state index is 0.312. The van der Waals surface area contributed by atoms with Crippen LogP contribution in [0, 0.1) is 0 Å². The summed E-state index contributed by atoms with van der Waals surface area (Å²) in [5.74, 6) is 0. The van der Waals surface area contributed by atoms with Crippen molar-refractivity contribution < 1.29 is 14.0 Å². The van der Waals surface area contributed by atoms with Crippen molar-refractivity contribution in [3.05, 3.63) is 6.20 Å². The van der Waals surface area contributed by atoms with Gasteiger partial charge < -0.3 is 14.0 Å². The van der Waals surface area contributed by atoms with E-state index in [1.165, 1.54) is 11.3 Å². The van der Waals surface area contributed by atoms with Gasteiger partial charge in [-0.2, -0.15) is 0 Å². The van der Waals surface area contributed by atoms with Gasteiger partial charge in [-0.1, -0.05) is 11.3 Å². The summed E-state index contributed by atoms with van der Waals surface area (Å²) in [6.45, 7) is 10.7. The first kappa shape index (κ1) is 12.9. The van der Waals surface area contributed by atoms with Gasteiger partial charge in [0.1, 0.15) is 0 Å². The molecule has 17 heavy (non-hydrogen) atoms. The lowest BCUT2D eigenvalue weighted by atomic mass is 9.89. The Morgan fingerprint density at radius 1 is 1.29 bits per heavy atom. The first-order chi connectivity index (χ1) is 7.86. The zero-order chi connectivity index (χ0) is 12.7. The van der Waals surface area contributed by atoms with Gasteiger partial charge >= 0.3 is 7.12 Å². The molecule has 0 aliphatic carbocycles. The highest BCUT2D eigenvalue weighted by atomic mass is 32.1. The average Bonchev–Trinajstić information content (AvgIpc) is 2.71. The molecule has 1 aliphatic rings. The van der Waals surface area contributed by atoms with Crippen molar-refractivity contribution in [2.45, 2.75) is 45.8 Å². The molecule has 1 fully saturated rings. The standard InChI is InChI=1S/C11H18BNO3S/c1-6-14-9-13-7-8(17-9)12-15-10(2,3)11(4,5)16-12/h7H,6H2,1-5H3. The first-order valence-corrected chi connectivity index (χ1v) is 6.61. The van der Waals surface area contributed by atoms with Crippen LogP contribution >= 0.6 is 11.3 Å². The molecule has 94 valence electrons. The SMILES string of the molecule is CCOc1ncc(B2OC(C)(C)C(C)(C)O2)s1. The zero-order valence-electron chi connectivity index (χ0n) is 10.9. The van der Waals surface area contributed by atoms with Crippen LogP contribution in [-0.2, 0) is 9.31 Å². The van der Waals surface area contributed by atoms with Gasteiger partial charge in [0.25, 0.3) is 5.19 Å². The molecule has 0 unspecified atom stereocenters. The number of hydrogen-bond donors (Lipinski definition) is 0. The number of aromatic nitrogens is 1. The van der Waals surface area contributed by atoms with Crippen LogP contribution in [0.1, 0.15) is 34.6 Å². The third-order valence-electron chi connectivity index (χ3n) is 3.26. The highest BCUT2D eigenvalue weighted by molar-refractivity contribution is 7.23. The third-order valence-corrected chi connectivity index (χ3v) is 4.19. The van der Waals surface area contributed by atoms with Gasteiger partial charge in [0.05, 0.1) is 22.6 Å². The molecule has 1 aromatic rings. The molecule has 0 atom stereocenters. The number of nitrogens with zero attached hydrogens (tertiary/aromatic N) is 1. The summed E-state index contributed by atoms with van der Waals surface area (Å²) >= 11 is 1.47. The smallest absolute Gasteiger partial charge is 0.470 e. The Bertz CT molecular complexity index is 389. The molecule has 0 radical (unpaired) electrons. The number of ether oxygens (including phenoxy) is 1. The normalized spacial score (nSPS) is 21.8. The van der Waals surface area contributed by atoms with Gasteiger partial charge in [-0.05, 0) is 34.6 Å². The minimum Gasteiger partial charge on any atom is -0.470 e. The second kappa shape index (κ2) is 4.26. The van der Waals surface area contributed by atoms with Crippen LogP contribution in [0.25, 0.3) is 0 Å². The van der Waals surface area contributed by atoms with Crippen LogP contribution in [0.2, 0.25) is 0 Å². The summed E-state index contributed by atoms with van der Waals surface area (Å²) in [5.41, 5.74) is -0.624. The van der Waals surface area contributed by atoms with E-state index < -0.39 is 0 Å². The van der Waals surface area contributed by atoms with Gasteiger partial charge in [-0.25, -0.2) is 4.98 Å². The van der Waals surface area contributed by atoms with Crippen molar-refractivity contribution in [3.63, 3.8) is 0 Å². The molecule has 6 heteroatoms. The Balaban J connectivity index is 2.14. The summed E-state index contributed by atoms with van der Waals surface area (Å²) in [6.07, 6.45) is 1.76. The summed E-state index contributed by atoms with van der Waals surface area (Å²) in [6, 6.07) is 0. The van der Waals surface area contributed by atoms with Crippen LogP contribution in [-0.4, -0.2) is 29.9 Å². The second-order valence-electron chi connectivity index (χ2n) is 5.05. The molecule has 2 rings (SSSR count). The Morgan fingerprint density at radius 3 is 2.41 bits per heavy atom. The van der Waals surface area contributed by atoms with Crippen molar-refractivity contribution in [2.24, 2.45) is 0 Å². The Hall–Kier alpha value is -0.585. The molecule has 1 aromatic heterocycles. The highest BCUT2D eigenvalue weighted by Crippen LogP contribution is 2.37. The third kappa shape index (κ3) is 2.34. The van der Waals surface area contributed by atoms with Crippen LogP contribution < -0.4 is 9.51 Å². The fourth-order valence-corrected chi connectivity index (χ4v) is 2.31. The fourth-order valence-electron chi connectivity index (χ4n) is 1.53. The molecule has 0 spiro atoms. The van der Waals surface area contributed by atoms with Crippen LogP contribution in [0.5, 0.6) is 5.19 Å². The highest BCUT2D eigenvalue weighted by Gasteiger charge is 2.52. The van der Waals surface area contributed by atoms with E-state index >= 15 is 0 Å². The van der Waals surface area contributed by atoms with E-state index in [1.54, 1.807) is 6.20 Å². The maximum atomic E-state index is 5.93. The van der Waals surface area contributed by atoms with E-state index in [0.717, 1.165) is 4.78 Å². The topological polar surface area (TPSA) is 40.6 Å². The van der Waals surface area contributed by atoms with Crippen molar-refractivity contribution in [3.8, 4) is 5.19 Å². The van der Waals surface area contributed by atoms with Crippen LogP contribution in [0.15, 0.2) is 6.20 Å². The molecule has 1 aliphatic heterocycles. The molecule has 0 saturated carbocycles. The molecule has 0 amide bonds. The second-order valence-corrected chi connectivity index (χ2v) is 6.07. The molecule has 4 nitrogen and oxygen atoms in total. The maximum absolute atomic E-state index is 5.93. The van der Waals surface area contributed by atoms with E-state index in [2.05, 4.69) is 4.98 Å². The van der Waals surface area contributed by atoms with Crippen molar-refractivity contribution >= 4 is 23.2 Å². The summed E-state index contributed by atoms with van der Waals surface area (Å²) in [7, 11) is -0.341. The van der Waals surface area contributed by atoms with E-state index in [0.29, 0.717) is 11.8 Å². The van der Waals surface area contributed by atoms with Gasteiger partial charge in [0, 0.05) is 6.20 Å². The number of thiazole rings is 1. The van der Waals surface area contributed by atoms with Crippen molar-refractivity contribution in [1.29, 1.82) is 0 Å². The van der Waals surface area contributed by atoms with E-state index in [1.807, 2.05) is 34.6 Å². The number of hydrogen-bond acceptors (Lipinski definition) is 5. The van der Waals surface area contributed by atoms with Gasteiger partial charge in [-0.15, -0.1) is 0 Å². The summed E-state index contributed by atoms with van der Waals surface area (Å²) < 4.78 is 18.2. The molecular formula is C11H18BNO3S. The van der Waals surface area contributed by atoms with E-state index in [4.69, 9.17) is 14.0 Å². The lowest BCUT2D eigenvalue weighted by molar-refractivity contribution is 0.00578. The lowest BCUT2D eigenvalue weighted by Gasteiger charge is -2.32. The predicted molar refractivity (Wildman–Crippen MR) is 69.0 cm³/mol. The van der Waals surface area contributed by atoms with Crippen LogP contribution in [0.3, 0.4) is 0 Å². The molecule has 0 N–H and O–H groups in total. The van der Waals surface area contributed by atoms with Gasteiger partial charge in [-0.3, -0.25) is 0 Å². The molecule has 1 saturated heterocycles. The quantitative estimate of drug-likeness (QED) is 0.773.